The van der Waals surface area contributed by atoms with Crippen LogP contribution in [-0.4, -0.2) is 29.9 Å². The van der Waals surface area contributed by atoms with Gasteiger partial charge in [-0.05, 0) is 0 Å². The fraction of sp³-hybridized carbons (Fsp3) is 0.171. The zero-order valence-electron chi connectivity index (χ0n) is 26.8. The third-order valence-corrected chi connectivity index (χ3v) is 16.8. The molecule has 0 atom stereocenters. The molecule has 0 amide bonds. The normalized spacial score (nSPS) is 19.2. The van der Waals surface area contributed by atoms with Crippen LogP contribution in [-0.2, 0) is 16.5 Å². The second-order valence-corrected chi connectivity index (χ2v) is 19.6. The summed E-state index contributed by atoms with van der Waals surface area (Å²) in [6.07, 6.45) is 4.72. The van der Waals surface area contributed by atoms with Gasteiger partial charge >= 0.3 is 292 Å². The van der Waals surface area contributed by atoms with Crippen LogP contribution in [0.3, 0.4) is 0 Å². The maximum absolute atomic E-state index is 7.17. The van der Waals surface area contributed by atoms with Gasteiger partial charge in [-0.15, -0.1) is 0 Å². The third kappa shape index (κ3) is 2.39. The van der Waals surface area contributed by atoms with Crippen LogP contribution in [0.4, 0.5) is 34.4 Å². The van der Waals surface area contributed by atoms with E-state index in [4.69, 9.17) is 4.74 Å². The van der Waals surface area contributed by atoms with Crippen LogP contribution in [0.15, 0.2) is 97.3 Å². The fourth-order valence-corrected chi connectivity index (χ4v) is 14.9. The van der Waals surface area contributed by atoms with Crippen LogP contribution in [0.5, 0.6) is 11.5 Å². The van der Waals surface area contributed by atoms with Crippen LogP contribution in [0.1, 0.15) is 61.1 Å². The van der Waals surface area contributed by atoms with Crippen molar-refractivity contribution >= 4 is 82.1 Å². The molecule has 0 unspecified atom stereocenters. The first-order valence-corrected chi connectivity index (χ1v) is 20.1. The molecule has 0 fully saturated rings. The van der Waals surface area contributed by atoms with E-state index in [0.29, 0.717) is 0 Å². The van der Waals surface area contributed by atoms with Gasteiger partial charge in [0.25, 0.3) is 0 Å². The molecule has 0 N–H and O–H groups in total. The molecule has 13 rings (SSSR count). The molecule has 0 saturated carbocycles. The molecule has 7 heteroatoms. The Hall–Kier alpha value is -4.38. The molecule has 0 saturated heterocycles. The Labute approximate surface area is 290 Å². The van der Waals surface area contributed by atoms with Crippen molar-refractivity contribution in [1.29, 1.82) is 0 Å². The quantitative estimate of drug-likeness (QED) is 0.169. The van der Waals surface area contributed by atoms with Crippen molar-refractivity contribution in [1.82, 2.24) is 0 Å². The monoisotopic (exact) mass is 752 g/mol. The molecule has 1 spiro atoms. The van der Waals surface area contributed by atoms with Crippen molar-refractivity contribution in [2.45, 2.75) is 44.2 Å². The number of hydrogen-bond donors (Lipinski definition) is 0. The Balaban J connectivity index is 1.29. The number of hydrogen-bond acceptors (Lipinski definition) is 3. The molecule has 9 heterocycles. The van der Waals surface area contributed by atoms with E-state index in [9.17, 15) is 0 Å². The Bertz CT molecular complexity index is 2460. The van der Waals surface area contributed by atoms with E-state index in [-0.39, 0.29) is 40.7 Å². The average molecular weight is 751 g/mol. The summed E-state index contributed by atoms with van der Waals surface area (Å²) < 4.78 is 18.2. The van der Waals surface area contributed by atoms with Crippen molar-refractivity contribution < 1.29 is 13.9 Å². The van der Waals surface area contributed by atoms with Crippen molar-refractivity contribution in [3.8, 4) is 11.5 Å². The molecule has 2 aromatic heterocycles. The first kappa shape index (κ1) is 25.6. The molecule has 0 radical (unpaired) electrons. The molecule has 7 aliphatic rings. The Kier molecular flexibility index (Phi) is 4.05. The van der Waals surface area contributed by atoms with E-state index in [1.807, 2.05) is 0 Å². The Morgan fingerprint density at radius 2 is 0.938 bits per heavy atom. The molecule has 7 aliphatic heterocycles. The second kappa shape index (κ2) is 7.59. The first-order valence-electron chi connectivity index (χ1n) is 16.7. The number of anilines is 6. The van der Waals surface area contributed by atoms with Gasteiger partial charge in [-0.3, -0.25) is 0 Å². The molecule has 0 aliphatic carbocycles. The summed E-state index contributed by atoms with van der Waals surface area (Å²) in [7, 11) is 0. The number of para-hydroxylation sites is 2. The topological polar surface area (TPSA) is 23.5 Å². The SMILES string of the molecule is CC1(C)c2cccc3c2N2c4c1ccc1c4C4(c5c(ccc6c5N5c7c(cccc7C6(C)C)[Se]c6ccc[n+]4c65)O1)[n+]1cccc(c12)[Se]3. The van der Waals surface area contributed by atoms with Gasteiger partial charge in [-0.25, -0.2) is 0 Å². The molecule has 4 aromatic carbocycles. The molecule has 48 heavy (non-hydrogen) atoms. The van der Waals surface area contributed by atoms with Crippen LogP contribution in [0, 0.1) is 0 Å². The number of benzene rings is 4. The van der Waals surface area contributed by atoms with Gasteiger partial charge in [0.1, 0.15) is 0 Å². The van der Waals surface area contributed by atoms with E-state index >= 15 is 0 Å². The number of rotatable bonds is 0. The Morgan fingerprint density at radius 3 is 1.42 bits per heavy atom. The predicted octanol–water partition coefficient (Wildman–Crippen LogP) is 4.45. The number of pyridine rings is 2. The molecule has 0 bridgehead atoms. The number of aromatic nitrogens is 2. The van der Waals surface area contributed by atoms with E-state index in [2.05, 4.69) is 144 Å². The molecule has 6 aromatic rings. The van der Waals surface area contributed by atoms with E-state index < -0.39 is 5.66 Å². The zero-order valence-corrected chi connectivity index (χ0v) is 30.2. The minimum absolute atomic E-state index is 0.171. The van der Waals surface area contributed by atoms with Gasteiger partial charge in [0, 0.05) is 0 Å². The van der Waals surface area contributed by atoms with Gasteiger partial charge in [0.2, 0.25) is 0 Å². The van der Waals surface area contributed by atoms with E-state index in [1.165, 1.54) is 85.6 Å². The Morgan fingerprint density at radius 1 is 0.500 bits per heavy atom. The predicted molar refractivity (Wildman–Crippen MR) is 189 cm³/mol. The van der Waals surface area contributed by atoms with Crippen LogP contribution in [0.2, 0.25) is 0 Å². The van der Waals surface area contributed by atoms with Crippen LogP contribution < -0.4 is 41.5 Å². The summed E-state index contributed by atoms with van der Waals surface area (Å²) in [6.45, 7) is 9.68. The third-order valence-electron chi connectivity index (χ3n) is 12.2. The summed E-state index contributed by atoms with van der Waals surface area (Å²) >= 11 is 0.341. The number of ether oxygens (including phenoxy) is 1. The van der Waals surface area contributed by atoms with Gasteiger partial charge in [-0.2, -0.15) is 0 Å². The van der Waals surface area contributed by atoms with Crippen molar-refractivity contribution in [2.75, 3.05) is 9.80 Å². The summed E-state index contributed by atoms with van der Waals surface area (Å²) in [4.78, 5) is 5.26. The summed E-state index contributed by atoms with van der Waals surface area (Å²) in [5, 5.41) is 0. The van der Waals surface area contributed by atoms with E-state index in [1.54, 1.807) is 0 Å². The average Bonchev–Trinajstić information content (AvgIpc) is 3.09. The first-order chi connectivity index (χ1) is 23.3. The van der Waals surface area contributed by atoms with Crippen LogP contribution >= 0.6 is 0 Å². The molecular formula is C41H28N4OSe2+2. The van der Waals surface area contributed by atoms with Crippen molar-refractivity contribution in [3.05, 3.63) is 131 Å². The van der Waals surface area contributed by atoms with Crippen molar-refractivity contribution in [2.24, 2.45) is 0 Å². The molecular weight excluding hydrogens is 722 g/mol. The second-order valence-electron chi connectivity index (χ2n) is 15.0. The summed E-state index contributed by atoms with van der Waals surface area (Å²) in [6, 6.07) is 32.6. The van der Waals surface area contributed by atoms with E-state index in [0.717, 1.165) is 11.5 Å². The molecule has 228 valence electrons. The van der Waals surface area contributed by atoms with Gasteiger partial charge in [-0.1, -0.05) is 0 Å². The maximum atomic E-state index is 7.17. The van der Waals surface area contributed by atoms with Gasteiger partial charge in [0.05, 0.1) is 0 Å². The minimum atomic E-state index is -0.671. The zero-order chi connectivity index (χ0) is 31.6. The molecule has 5 nitrogen and oxygen atoms in total. The summed E-state index contributed by atoms with van der Waals surface area (Å²) in [5.41, 5.74) is 12.4. The standard InChI is InChI=1S/C41H28N4OSe2/c1-39(2)21-9-5-11-27-33(21)44-35-23(39)15-17-25-31(35)41(42-19-7-13-29(47-27)37(42)44)32-26(46-25)18-16-24-36(32)45-34-22(40(24,3)4)10-6-12-28(34)48-30-14-8-20-43(41)38(30)45/h5-20H,1-4H3/q+2. The van der Waals surface area contributed by atoms with Crippen LogP contribution in [0.25, 0.3) is 0 Å². The fourth-order valence-electron chi connectivity index (χ4n) is 10.2. The van der Waals surface area contributed by atoms with Gasteiger partial charge < -0.3 is 0 Å². The number of nitrogens with zero attached hydrogens (tertiary/aromatic N) is 4. The summed E-state index contributed by atoms with van der Waals surface area (Å²) in [5.74, 6) is 4.52. The van der Waals surface area contributed by atoms with Crippen molar-refractivity contribution in [3.63, 3.8) is 0 Å². The van der Waals surface area contributed by atoms with Gasteiger partial charge in [0.15, 0.2) is 0 Å².